The van der Waals surface area contributed by atoms with E-state index < -0.39 is 0 Å². The second-order valence-corrected chi connectivity index (χ2v) is 5.77. The molecule has 0 saturated carbocycles. The van der Waals surface area contributed by atoms with Gasteiger partial charge in [0, 0.05) is 23.7 Å². The van der Waals surface area contributed by atoms with Gasteiger partial charge in [0.25, 0.3) is 0 Å². The van der Waals surface area contributed by atoms with Crippen LogP contribution in [0.25, 0.3) is 0 Å². The lowest BCUT2D eigenvalue weighted by atomic mass is 10.1. The molecule has 19 heavy (non-hydrogen) atoms. The van der Waals surface area contributed by atoms with Gasteiger partial charge in [-0.05, 0) is 63.7 Å². The van der Waals surface area contributed by atoms with Crippen LogP contribution in [-0.4, -0.2) is 38.0 Å². The van der Waals surface area contributed by atoms with E-state index in [9.17, 15) is 4.79 Å². The van der Waals surface area contributed by atoms with Gasteiger partial charge in [0.15, 0.2) is 0 Å². The molecular formula is C15H21ClN2O. The highest BCUT2D eigenvalue weighted by Crippen LogP contribution is 2.29. The van der Waals surface area contributed by atoms with Gasteiger partial charge >= 0.3 is 0 Å². The lowest BCUT2D eigenvalue weighted by Crippen LogP contribution is -2.32. The summed E-state index contributed by atoms with van der Waals surface area (Å²) in [6.07, 6.45) is 3.47. The molecule has 1 aliphatic heterocycles. The predicted octanol–water partition coefficient (Wildman–Crippen LogP) is 2.96. The molecule has 104 valence electrons. The zero-order chi connectivity index (χ0) is 13.8. The molecule has 0 radical (unpaired) electrons. The van der Waals surface area contributed by atoms with Crippen LogP contribution in [0, 0.1) is 0 Å². The number of anilines is 1. The van der Waals surface area contributed by atoms with Crippen LogP contribution in [0.4, 0.5) is 5.69 Å². The van der Waals surface area contributed by atoms with Gasteiger partial charge in [-0.2, -0.15) is 0 Å². The molecule has 4 heteroatoms. The Bertz CT molecular complexity index is 459. The number of benzene rings is 1. The van der Waals surface area contributed by atoms with Crippen LogP contribution in [0.5, 0.6) is 0 Å². The number of fused-ring (bicyclic) bond motifs is 1. The first-order valence-corrected chi connectivity index (χ1v) is 7.19. The van der Waals surface area contributed by atoms with E-state index in [0.29, 0.717) is 6.42 Å². The molecule has 0 N–H and O–H groups in total. The van der Waals surface area contributed by atoms with Crippen LogP contribution in [0.3, 0.4) is 0 Å². The first kappa shape index (κ1) is 14.4. The van der Waals surface area contributed by atoms with Gasteiger partial charge in [-0.3, -0.25) is 4.79 Å². The van der Waals surface area contributed by atoms with Crippen LogP contribution in [0.1, 0.15) is 24.8 Å². The van der Waals surface area contributed by atoms with E-state index >= 15 is 0 Å². The summed E-state index contributed by atoms with van der Waals surface area (Å²) in [5.74, 6) is 0.236. The van der Waals surface area contributed by atoms with Crippen molar-refractivity contribution in [3.05, 3.63) is 28.8 Å². The maximum Gasteiger partial charge on any atom is 0.226 e. The van der Waals surface area contributed by atoms with Crippen molar-refractivity contribution in [2.75, 3.05) is 32.1 Å². The smallest absolute Gasteiger partial charge is 0.226 e. The number of halogens is 1. The molecule has 2 rings (SSSR count). The largest absolute Gasteiger partial charge is 0.312 e. The van der Waals surface area contributed by atoms with Crippen molar-refractivity contribution in [2.24, 2.45) is 0 Å². The summed E-state index contributed by atoms with van der Waals surface area (Å²) in [5.41, 5.74) is 2.24. The number of rotatable bonds is 4. The maximum absolute atomic E-state index is 12.2. The zero-order valence-electron chi connectivity index (χ0n) is 11.7. The Morgan fingerprint density at radius 2 is 2.11 bits per heavy atom. The zero-order valence-corrected chi connectivity index (χ0v) is 12.4. The fourth-order valence-corrected chi connectivity index (χ4v) is 2.70. The Kier molecular flexibility index (Phi) is 4.83. The quantitative estimate of drug-likeness (QED) is 0.847. The molecule has 1 aromatic rings. The minimum absolute atomic E-state index is 0.236. The molecule has 1 heterocycles. The third-order valence-electron chi connectivity index (χ3n) is 3.46. The molecule has 0 saturated heterocycles. The van der Waals surface area contributed by atoms with E-state index in [1.54, 1.807) is 0 Å². The average Bonchev–Trinajstić information content (AvgIpc) is 2.49. The number of hydrogen-bond acceptors (Lipinski definition) is 2. The van der Waals surface area contributed by atoms with Gasteiger partial charge in [0.2, 0.25) is 5.91 Å². The van der Waals surface area contributed by atoms with Gasteiger partial charge in [0.05, 0.1) is 0 Å². The van der Waals surface area contributed by atoms with E-state index in [1.807, 2.05) is 23.1 Å². The monoisotopic (exact) mass is 280 g/mol. The molecule has 0 atom stereocenters. The van der Waals surface area contributed by atoms with Crippen molar-refractivity contribution < 1.29 is 4.79 Å². The van der Waals surface area contributed by atoms with E-state index in [2.05, 4.69) is 19.0 Å². The number of amides is 1. The van der Waals surface area contributed by atoms with E-state index in [-0.39, 0.29) is 5.91 Å². The third kappa shape index (κ3) is 3.71. The molecule has 0 fully saturated rings. The molecule has 0 aliphatic carbocycles. The summed E-state index contributed by atoms with van der Waals surface area (Å²) >= 11 is 6.05. The number of carbonyl (C=O) groups is 1. The Balaban J connectivity index is 2.18. The Labute approximate surface area is 120 Å². The first-order valence-electron chi connectivity index (χ1n) is 6.81. The first-order chi connectivity index (χ1) is 9.08. The lowest BCUT2D eigenvalue weighted by molar-refractivity contribution is -0.118. The topological polar surface area (TPSA) is 23.6 Å². The number of carbonyl (C=O) groups excluding carboxylic acids is 1. The van der Waals surface area contributed by atoms with Gasteiger partial charge in [0.1, 0.15) is 0 Å². The highest BCUT2D eigenvalue weighted by molar-refractivity contribution is 6.30. The summed E-state index contributed by atoms with van der Waals surface area (Å²) in [6, 6.07) is 5.85. The van der Waals surface area contributed by atoms with E-state index in [4.69, 9.17) is 11.6 Å². The molecular weight excluding hydrogens is 260 g/mol. The van der Waals surface area contributed by atoms with Crippen molar-refractivity contribution in [1.82, 2.24) is 4.90 Å². The minimum Gasteiger partial charge on any atom is -0.312 e. The van der Waals surface area contributed by atoms with Gasteiger partial charge in [-0.15, -0.1) is 0 Å². The number of hydrogen-bond donors (Lipinski definition) is 0. The van der Waals surface area contributed by atoms with Crippen molar-refractivity contribution in [1.29, 1.82) is 0 Å². The molecule has 1 amide bonds. The highest BCUT2D eigenvalue weighted by atomic mass is 35.5. The third-order valence-corrected chi connectivity index (χ3v) is 3.69. The minimum atomic E-state index is 0.236. The summed E-state index contributed by atoms with van der Waals surface area (Å²) in [5, 5.41) is 0.751. The standard InChI is InChI=1S/C15H21ClN2O/c1-17(2)9-4-10-18-14-8-7-13(16)11-12(14)5-3-6-15(18)19/h7-8,11H,3-6,9-10H2,1-2H3. The summed E-state index contributed by atoms with van der Waals surface area (Å²) in [7, 11) is 4.11. The Hall–Kier alpha value is -1.06. The second kappa shape index (κ2) is 6.40. The van der Waals surface area contributed by atoms with Crippen LogP contribution < -0.4 is 4.90 Å². The van der Waals surface area contributed by atoms with Crippen LogP contribution in [0.2, 0.25) is 5.02 Å². The van der Waals surface area contributed by atoms with Gasteiger partial charge in [-0.1, -0.05) is 11.6 Å². The second-order valence-electron chi connectivity index (χ2n) is 5.33. The Morgan fingerprint density at radius 3 is 2.84 bits per heavy atom. The maximum atomic E-state index is 12.2. The van der Waals surface area contributed by atoms with Gasteiger partial charge in [-0.25, -0.2) is 0 Å². The van der Waals surface area contributed by atoms with Crippen LogP contribution in [-0.2, 0) is 11.2 Å². The normalized spacial score (nSPS) is 15.6. The van der Waals surface area contributed by atoms with Crippen LogP contribution in [0.15, 0.2) is 18.2 Å². The highest BCUT2D eigenvalue weighted by Gasteiger charge is 2.21. The molecule has 3 nitrogen and oxygen atoms in total. The average molecular weight is 281 g/mol. The molecule has 1 aromatic carbocycles. The lowest BCUT2D eigenvalue weighted by Gasteiger charge is -2.24. The summed E-state index contributed by atoms with van der Waals surface area (Å²) < 4.78 is 0. The molecule has 0 bridgehead atoms. The predicted molar refractivity (Wildman–Crippen MR) is 79.9 cm³/mol. The number of nitrogens with zero attached hydrogens (tertiary/aromatic N) is 2. The molecule has 1 aliphatic rings. The van der Waals surface area contributed by atoms with Crippen molar-refractivity contribution in [3.8, 4) is 0 Å². The van der Waals surface area contributed by atoms with E-state index in [1.165, 1.54) is 5.56 Å². The molecule has 0 unspecified atom stereocenters. The summed E-state index contributed by atoms with van der Waals surface area (Å²) in [6.45, 7) is 1.78. The molecule has 0 spiro atoms. The fraction of sp³-hybridized carbons (Fsp3) is 0.533. The van der Waals surface area contributed by atoms with Crippen molar-refractivity contribution >= 4 is 23.2 Å². The van der Waals surface area contributed by atoms with Crippen molar-refractivity contribution in [3.63, 3.8) is 0 Å². The SMILES string of the molecule is CN(C)CCCN1C(=O)CCCc2cc(Cl)ccc21. The van der Waals surface area contributed by atoms with Crippen LogP contribution >= 0.6 is 11.6 Å². The number of aryl methyl sites for hydroxylation is 1. The van der Waals surface area contributed by atoms with Crippen molar-refractivity contribution in [2.45, 2.75) is 25.7 Å². The molecule has 0 aromatic heterocycles. The van der Waals surface area contributed by atoms with Gasteiger partial charge < -0.3 is 9.80 Å². The fourth-order valence-electron chi connectivity index (χ4n) is 2.51. The Morgan fingerprint density at radius 1 is 1.32 bits per heavy atom. The summed E-state index contributed by atoms with van der Waals surface area (Å²) in [4.78, 5) is 16.3. The van der Waals surface area contributed by atoms with E-state index in [0.717, 1.165) is 43.1 Å².